The predicted octanol–water partition coefficient (Wildman–Crippen LogP) is 21.1. The van der Waals surface area contributed by atoms with Crippen molar-refractivity contribution >= 4 is 17.9 Å². The Bertz CT molecular complexity index is 1510. The maximum Gasteiger partial charge on any atom is 0.361 e. The molecular weight excluding hydrogens is 1010 g/mol. The van der Waals surface area contributed by atoms with Crippen LogP contribution in [0.1, 0.15) is 322 Å². The second kappa shape index (κ2) is 63.0. The molecule has 1 N–H and O–H groups in total. The van der Waals surface area contributed by atoms with Gasteiger partial charge in [0.05, 0.1) is 34.4 Å². The van der Waals surface area contributed by atoms with Crippen molar-refractivity contribution in [1.82, 2.24) is 0 Å². The van der Waals surface area contributed by atoms with E-state index in [0.29, 0.717) is 17.4 Å². The van der Waals surface area contributed by atoms with Gasteiger partial charge in [0, 0.05) is 12.8 Å². The molecule has 2 unspecified atom stereocenters. The summed E-state index contributed by atoms with van der Waals surface area (Å²) in [4.78, 5) is 37.6. The van der Waals surface area contributed by atoms with Crippen molar-refractivity contribution in [2.24, 2.45) is 0 Å². The number of allylic oxidation sites excluding steroid dienone is 10. The molecule has 0 aliphatic heterocycles. The molecule has 9 nitrogen and oxygen atoms in total. The van der Waals surface area contributed by atoms with Crippen LogP contribution in [-0.4, -0.2) is 87.4 Å². The van der Waals surface area contributed by atoms with Crippen LogP contribution in [0.4, 0.5) is 0 Å². The minimum absolute atomic E-state index is 0.178. The first-order valence-electron chi connectivity index (χ1n) is 34.5. The third kappa shape index (κ3) is 64.4. The predicted molar refractivity (Wildman–Crippen MR) is 346 cm³/mol. The lowest BCUT2D eigenvalue weighted by atomic mass is 10.0. The second-order valence-electron chi connectivity index (χ2n) is 24.5. The van der Waals surface area contributed by atoms with Crippen molar-refractivity contribution in [1.29, 1.82) is 0 Å². The number of carboxylic acid groups (broad SMARTS) is 1. The van der Waals surface area contributed by atoms with Gasteiger partial charge >= 0.3 is 17.9 Å². The lowest BCUT2D eigenvalue weighted by Gasteiger charge is -2.25. The fourth-order valence-corrected chi connectivity index (χ4v) is 10.0. The number of esters is 2. The molecule has 2 atom stereocenters. The fraction of sp³-hybridized carbons (Fsp3) is 0.819. The van der Waals surface area contributed by atoms with Gasteiger partial charge in [-0.05, 0) is 57.8 Å². The first kappa shape index (κ1) is 78.0. The molecule has 0 aromatic rings. The molecule has 0 aliphatic rings. The number of aliphatic carboxylic acids is 1. The van der Waals surface area contributed by atoms with E-state index in [2.05, 4.69) is 74.6 Å². The lowest BCUT2D eigenvalue weighted by Crippen LogP contribution is -2.40. The molecule has 0 heterocycles. The summed E-state index contributed by atoms with van der Waals surface area (Å²) < 4.78 is 23.0. The molecule has 0 saturated carbocycles. The van der Waals surface area contributed by atoms with E-state index in [9.17, 15) is 19.5 Å². The normalized spacial score (nSPS) is 13.0. The Morgan fingerprint density at radius 2 is 0.704 bits per heavy atom. The molecule has 81 heavy (non-hydrogen) atoms. The Morgan fingerprint density at radius 3 is 1.05 bits per heavy atom. The Balaban J connectivity index is 4.10. The smallest absolute Gasteiger partial charge is 0.361 e. The van der Waals surface area contributed by atoms with Crippen LogP contribution in [-0.2, 0) is 33.3 Å². The van der Waals surface area contributed by atoms with E-state index in [1.54, 1.807) is 0 Å². The number of nitrogens with zero attached hydrogens (tertiary/aromatic N) is 1. The van der Waals surface area contributed by atoms with Crippen LogP contribution >= 0.6 is 0 Å². The van der Waals surface area contributed by atoms with Crippen molar-refractivity contribution in [3.8, 4) is 0 Å². The van der Waals surface area contributed by atoms with Crippen molar-refractivity contribution < 1.29 is 42.9 Å². The largest absolute Gasteiger partial charge is 0.477 e. The van der Waals surface area contributed by atoms with Gasteiger partial charge in [-0.2, -0.15) is 0 Å². The molecule has 0 aromatic heterocycles. The van der Waals surface area contributed by atoms with Gasteiger partial charge in [-0.15, -0.1) is 0 Å². The van der Waals surface area contributed by atoms with Crippen molar-refractivity contribution in [2.75, 3.05) is 47.5 Å². The average molecular weight is 1140 g/mol. The molecule has 0 fully saturated rings. The van der Waals surface area contributed by atoms with E-state index in [0.717, 1.165) is 70.6 Å². The van der Waals surface area contributed by atoms with Crippen LogP contribution in [0, 0.1) is 0 Å². The summed E-state index contributed by atoms with van der Waals surface area (Å²) in [5, 5.41) is 9.74. The Kier molecular flexibility index (Phi) is 60.7. The van der Waals surface area contributed by atoms with E-state index >= 15 is 0 Å². The van der Waals surface area contributed by atoms with Crippen LogP contribution in [0.3, 0.4) is 0 Å². The van der Waals surface area contributed by atoms with Crippen LogP contribution in [0.5, 0.6) is 0 Å². The lowest BCUT2D eigenvalue weighted by molar-refractivity contribution is -0.870. The summed E-state index contributed by atoms with van der Waals surface area (Å²) in [6, 6.07) is 0. The molecule has 472 valence electrons. The monoisotopic (exact) mass is 1140 g/mol. The highest BCUT2D eigenvalue weighted by Gasteiger charge is 2.25. The minimum atomic E-state index is -1.51. The Morgan fingerprint density at radius 1 is 0.383 bits per heavy atom. The van der Waals surface area contributed by atoms with Gasteiger partial charge in [-0.1, -0.05) is 312 Å². The molecule has 0 radical (unpaired) electrons. The summed E-state index contributed by atoms with van der Waals surface area (Å²) in [6.45, 7) is 4.82. The van der Waals surface area contributed by atoms with Crippen LogP contribution in [0.15, 0.2) is 60.8 Å². The average Bonchev–Trinajstić information content (AvgIpc) is 3.44. The zero-order valence-corrected chi connectivity index (χ0v) is 53.9. The highest BCUT2D eigenvalue weighted by Crippen LogP contribution is 2.18. The highest BCUT2D eigenvalue weighted by molar-refractivity contribution is 5.71. The summed E-state index contributed by atoms with van der Waals surface area (Å²) >= 11 is 0. The quantitative estimate of drug-likeness (QED) is 0.0211. The minimum Gasteiger partial charge on any atom is -0.477 e. The maximum absolute atomic E-state index is 12.9. The van der Waals surface area contributed by atoms with E-state index < -0.39 is 18.4 Å². The number of rotatable bonds is 64. The Labute approximate surface area is 501 Å². The number of ether oxygens (including phenoxy) is 4. The van der Waals surface area contributed by atoms with Gasteiger partial charge in [0.1, 0.15) is 13.2 Å². The molecule has 0 bridgehead atoms. The molecule has 9 heteroatoms. The molecule has 0 aromatic carbocycles. The summed E-state index contributed by atoms with van der Waals surface area (Å²) in [5.74, 6) is -1.98. The zero-order chi connectivity index (χ0) is 59.1. The number of carboxylic acids is 1. The summed E-state index contributed by atoms with van der Waals surface area (Å²) in [7, 11) is 5.99. The van der Waals surface area contributed by atoms with Crippen LogP contribution in [0.25, 0.3) is 0 Å². The van der Waals surface area contributed by atoms with E-state index in [1.807, 2.05) is 21.1 Å². The summed E-state index contributed by atoms with van der Waals surface area (Å²) in [6.07, 6.45) is 79.0. The number of unbranched alkanes of at least 4 members (excludes halogenated alkanes) is 39. The molecule has 0 rings (SSSR count). The highest BCUT2D eigenvalue weighted by atomic mass is 16.7. The van der Waals surface area contributed by atoms with Crippen LogP contribution in [0.2, 0.25) is 0 Å². The third-order valence-corrected chi connectivity index (χ3v) is 15.3. The first-order valence-corrected chi connectivity index (χ1v) is 34.5. The molecule has 0 spiro atoms. The van der Waals surface area contributed by atoms with Gasteiger partial charge in [0.2, 0.25) is 0 Å². The van der Waals surface area contributed by atoms with Gasteiger partial charge in [-0.3, -0.25) is 9.59 Å². The topological polar surface area (TPSA) is 108 Å². The fourth-order valence-electron chi connectivity index (χ4n) is 10.0. The maximum atomic E-state index is 12.9. The van der Waals surface area contributed by atoms with Crippen molar-refractivity contribution in [2.45, 2.75) is 334 Å². The van der Waals surface area contributed by atoms with E-state index in [-0.39, 0.29) is 38.2 Å². The SMILES string of the molecule is CC/C=C\C/C=C\C/C=C\C/C=C\C/C=C\CCCCCCCCCCCCCCCCCC(=O)OC(COC(=O)CCCCCCCCCCCCCCCCCCCCCCCCCCC)COC(OCC[N+](C)(C)C)C(=O)O. The zero-order valence-electron chi connectivity index (χ0n) is 53.9. The van der Waals surface area contributed by atoms with E-state index in [4.69, 9.17) is 18.9 Å². The number of hydrogen-bond donors (Lipinski definition) is 1. The summed E-state index contributed by atoms with van der Waals surface area (Å²) in [5.41, 5.74) is 0. The number of likely N-dealkylation sites (N-methyl/N-ethyl adjacent to an activating group) is 1. The van der Waals surface area contributed by atoms with Gasteiger partial charge in [0.15, 0.2) is 6.10 Å². The Hall–Kier alpha value is -3.01. The van der Waals surface area contributed by atoms with Gasteiger partial charge < -0.3 is 28.5 Å². The second-order valence-corrected chi connectivity index (χ2v) is 24.5. The molecule has 0 amide bonds. The number of carbonyl (C=O) groups excluding carboxylic acids is 2. The first-order chi connectivity index (χ1) is 39.6. The standard InChI is InChI=1S/C72H131NO8/c1-6-8-10-12-14-16-18-20-22-24-26-28-30-32-33-34-35-36-37-39-41-43-45-47-49-51-53-55-57-59-61-63-70(75)81-68(67-80-72(71(76)77)78-65-64-73(3,4)5)66-79-69(74)62-60-58-56-54-52-50-48-46-44-42-40-38-31-29-27-25-23-21-19-17-15-13-11-9-7-2/h8,10,14,16,20,22,26,28,32-33,68,72H,6-7,9,11-13,15,17-19,21,23-25,27,29-31,34-67H2,1-5H3/p+1/b10-8-,16-14-,22-20-,28-26-,33-32-. The number of hydrogen-bond acceptors (Lipinski definition) is 7. The van der Waals surface area contributed by atoms with Crippen molar-refractivity contribution in [3.63, 3.8) is 0 Å². The molecule has 0 aliphatic carbocycles. The van der Waals surface area contributed by atoms with Crippen LogP contribution < -0.4 is 0 Å². The van der Waals surface area contributed by atoms with Crippen molar-refractivity contribution in [3.05, 3.63) is 60.8 Å². The molecular formula is C72H132NO8+. The van der Waals surface area contributed by atoms with Gasteiger partial charge in [-0.25, -0.2) is 4.79 Å². The molecule has 0 saturated heterocycles. The van der Waals surface area contributed by atoms with E-state index in [1.165, 1.54) is 225 Å². The van der Waals surface area contributed by atoms with Gasteiger partial charge in [0.25, 0.3) is 6.29 Å². The number of quaternary nitrogens is 1. The third-order valence-electron chi connectivity index (χ3n) is 15.3. The number of carbonyl (C=O) groups is 3.